The van der Waals surface area contributed by atoms with Crippen molar-refractivity contribution >= 4 is 16.0 Å². The first-order valence-corrected chi connectivity index (χ1v) is 6.38. The zero-order valence-corrected chi connectivity index (χ0v) is 10.5. The van der Waals surface area contributed by atoms with E-state index in [0.29, 0.717) is 0 Å². The molecular formula is C10H10F3NO4S. The molecule has 0 amide bonds. The Kier molecular flexibility index (Phi) is 4.53. The van der Waals surface area contributed by atoms with Crippen molar-refractivity contribution in [1.29, 1.82) is 0 Å². The van der Waals surface area contributed by atoms with E-state index in [4.69, 9.17) is 0 Å². The number of esters is 1. The highest BCUT2D eigenvalue weighted by Crippen LogP contribution is 2.25. The van der Waals surface area contributed by atoms with Crippen molar-refractivity contribution in [3.05, 3.63) is 35.9 Å². The Labute approximate surface area is 107 Å². The standard InChI is InChI=1S/C10H10F3NO4S/c1-18-9(15)8(7-5-3-2-4-6-7)14-19(16,17)10(11,12)13/h2-6,8,14H,1H3. The van der Waals surface area contributed by atoms with Crippen LogP contribution in [-0.2, 0) is 19.6 Å². The number of ether oxygens (including phenoxy) is 1. The molecule has 0 spiro atoms. The van der Waals surface area contributed by atoms with Gasteiger partial charge in [-0.25, -0.2) is 13.2 Å². The van der Waals surface area contributed by atoms with Crippen LogP contribution in [0.4, 0.5) is 13.2 Å². The van der Waals surface area contributed by atoms with Gasteiger partial charge in [0.1, 0.15) is 6.04 Å². The second-order valence-electron chi connectivity index (χ2n) is 3.43. The zero-order chi connectivity index (χ0) is 14.7. The lowest BCUT2D eigenvalue weighted by Gasteiger charge is -2.17. The van der Waals surface area contributed by atoms with Crippen molar-refractivity contribution in [2.45, 2.75) is 11.6 Å². The van der Waals surface area contributed by atoms with Crippen LogP contribution in [0.25, 0.3) is 0 Å². The molecule has 5 nitrogen and oxygen atoms in total. The van der Waals surface area contributed by atoms with Crippen molar-refractivity contribution in [3.63, 3.8) is 0 Å². The molecule has 1 aromatic carbocycles. The third kappa shape index (κ3) is 3.67. The van der Waals surface area contributed by atoms with Gasteiger partial charge in [-0.3, -0.25) is 0 Å². The summed E-state index contributed by atoms with van der Waals surface area (Å²) in [6.07, 6.45) is 0. The average Bonchev–Trinajstić information content (AvgIpc) is 2.35. The molecule has 0 saturated carbocycles. The summed E-state index contributed by atoms with van der Waals surface area (Å²) in [6.45, 7) is 0. The van der Waals surface area contributed by atoms with E-state index in [9.17, 15) is 26.4 Å². The molecule has 19 heavy (non-hydrogen) atoms. The number of hydrogen-bond donors (Lipinski definition) is 1. The summed E-state index contributed by atoms with van der Waals surface area (Å²) in [7, 11) is -4.71. The van der Waals surface area contributed by atoms with E-state index in [2.05, 4.69) is 4.74 Å². The van der Waals surface area contributed by atoms with Gasteiger partial charge in [-0.15, -0.1) is 0 Å². The summed E-state index contributed by atoms with van der Waals surface area (Å²) in [6, 6.07) is 5.33. The molecule has 0 bridgehead atoms. The van der Waals surface area contributed by atoms with Gasteiger partial charge in [-0.1, -0.05) is 30.3 Å². The summed E-state index contributed by atoms with van der Waals surface area (Å²) < 4.78 is 64.4. The minimum absolute atomic E-state index is 0.0437. The van der Waals surface area contributed by atoms with Crippen LogP contribution in [0.2, 0.25) is 0 Å². The van der Waals surface area contributed by atoms with Crippen molar-refractivity contribution in [1.82, 2.24) is 4.72 Å². The number of nitrogens with one attached hydrogen (secondary N) is 1. The van der Waals surface area contributed by atoms with Crippen LogP contribution in [0.15, 0.2) is 30.3 Å². The Balaban J connectivity index is 3.12. The maximum Gasteiger partial charge on any atom is 0.511 e. The predicted molar refractivity (Wildman–Crippen MR) is 59.3 cm³/mol. The highest BCUT2D eigenvalue weighted by Gasteiger charge is 2.48. The fraction of sp³-hybridized carbons (Fsp3) is 0.300. The largest absolute Gasteiger partial charge is 0.511 e. The third-order valence-corrected chi connectivity index (χ3v) is 3.30. The third-order valence-electron chi connectivity index (χ3n) is 2.15. The number of methoxy groups -OCH3 is 1. The molecule has 106 valence electrons. The van der Waals surface area contributed by atoms with Gasteiger partial charge in [0.05, 0.1) is 7.11 Å². The van der Waals surface area contributed by atoms with Crippen molar-refractivity contribution < 1.29 is 31.1 Å². The average molecular weight is 297 g/mol. The molecule has 0 radical (unpaired) electrons. The van der Waals surface area contributed by atoms with Crippen LogP contribution in [0.1, 0.15) is 11.6 Å². The summed E-state index contributed by atoms with van der Waals surface area (Å²) >= 11 is 0. The molecule has 0 heterocycles. The molecule has 1 atom stereocenters. The summed E-state index contributed by atoms with van der Waals surface area (Å²) in [5.74, 6) is -1.14. The van der Waals surface area contributed by atoms with E-state index in [-0.39, 0.29) is 5.56 Å². The molecule has 1 unspecified atom stereocenters. The lowest BCUT2D eigenvalue weighted by molar-refractivity contribution is -0.142. The van der Waals surface area contributed by atoms with E-state index in [1.807, 2.05) is 0 Å². The van der Waals surface area contributed by atoms with Crippen LogP contribution in [0.5, 0.6) is 0 Å². The van der Waals surface area contributed by atoms with E-state index < -0.39 is 27.5 Å². The Morgan fingerprint density at radius 2 is 1.79 bits per heavy atom. The van der Waals surface area contributed by atoms with Gasteiger partial charge in [0.15, 0.2) is 0 Å². The number of benzene rings is 1. The molecular weight excluding hydrogens is 287 g/mol. The predicted octanol–water partition coefficient (Wildman–Crippen LogP) is 1.34. The van der Waals surface area contributed by atoms with Crippen LogP contribution in [-0.4, -0.2) is 27.0 Å². The fourth-order valence-corrected chi connectivity index (χ4v) is 1.91. The summed E-state index contributed by atoms with van der Waals surface area (Å²) in [4.78, 5) is 11.4. The lowest BCUT2D eigenvalue weighted by Crippen LogP contribution is -2.41. The maximum absolute atomic E-state index is 12.3. The molecule has 0 aromatic heterocycles. The van der Waals surface area contributed by atoms with Crippen LogP contribution >= 0.6 is 0 Å². The van der Waals surface area contributed by atoms with Crippen LogP contribution < -0.4 is 4.72 Å². The molecule has 0 aliphatic carbocycles. The second kappa shape index (κ2) is 5.57. The molecule has 1 N–H and O–H groups in total. The molecule has 1 aromatic rings. The van der Waals surface area contributed by atoms with Crippen molar-refractivity contribution in [2.75, 3.05) is 7.11 Å². The first kappa shape index (κ1) is 15.4. The van der Waals surface area contributed by atoms with E-state index >= 15 is 0 Å². The first-order valence-electron chi connectivity index (χ1n) is 4.90. The number of sulfonamides is 1. The van der Waals surface area contributed by atoms with E-state index in [1.165, 1.54) is 29.0 Å². The van der Waals surface area contributed by atoms with Gasteiger partial charge in [-0.2, -0.15) is 17.9 Å². The van der Waals surface area contributed by atoms with Crippen LogP contribution in [0, 0.1) is 0 Å². The minimum Gasteiger partial charge on any atom is -0.468 e. The number of halogens is 3. The number of rotatable bonds is 4. The number of carbonyl (C=O) groups is 1. The number of hydrogen-bond acceptors (Lipinski definition) is 4. The summed E-state index contributed by atoms with van der Waals surface area (Å²) in [5.41, 5.74) is -5.46. The monoisotopic (exact) mass is 297 g/mol. The van der Waals surface area contributed by atoms with E-state index in [0.717, 1.165) is 7.11 Å². The van der Waals surface area contributed by atoms with Crippen molar-refractivity contribution in [3.8, 4) is 0 Å². The maximum atomic E-state index is 12.3. The van der Waals surface area contributed by atoms with Gasteiger partial charge >= 0.3 is 21.5 Å². The molecule has 0 aliphatic rings. The Hall–Kier alpha value is -1.61. The summed E-state index contributed by atoms with van der Waals surface area (Å²) in [5, 5.41) is 0. The smallest absolute Gasteiger partial charge is 0.468 e. The van der Waals surface area contributed by atoms with Crippen LogP contribution in [0.3, 0.4) is 0 Å². The minimum atomic E-state index is -5.65. The van der Waals surface area contributed by atoms with Gasteiger partial charge in [-0.05, 0) is 5.56 Å². The lowest BCUT2D eigenvalue weighted by atomic mass is 10.1. The SMILES string of the molecule is COC(=O)C(NS(=O)(=O)C(F)(F)F)c1ccccc1. The first-order chi connectivity index (χ1) is 8.69. The number of alkyl halides is 3. The quantitative estimate of drug-likeness (QED) is 0.851. The highest BCUT2D eigenvalue weighted by atomic mass is 32.2. The van der Waals surface area contributed by atoms with Gasteiger partial charge < -0.3 is 4.74 Å². The Morgan fingerprint density at radius 3 is 2.21 bits per heavy atom. The molecule has 0 saturated heterocycles. The van der Waals surface area contributed by atoms with Gasteiger partial charge in [0, 0.05) is 0 Å². The Bertz CT molecular complexity index is 542. The molecule has 1 rings (SSSR count). The normalized spacial score (nSPS) is 13.9. The zero-order valence-electron chi connectivity index (χ0n) is 9.64. The number of carbonyl (C=O) groups excluding carboxylic acids is 1. The van der Waals surface area contributed by atoms with Gasteiger partial charge in [0.2, 0.25) is 0 Å². The molecule has 9 heteroatoms. The Morgan fingerprint density at radius 1 is 1.26 bits per heavy atom. The molecule has 0 aliphatic heterocycles. The fourth-order valence-electron chi connectivity index (χ4n) is 1.24. The van der Waals surface area contributed by atoms with E-state index in [1.54, 1.807) is 6.07 Å². The topological polar surface area (TPSA) is 72.5 Å². The molecule has 0 fully saturated rings. The second-order valence-corrected chi connectivity index (χ2v) is 5.14. The van der Waals surface area contributed by atoms with Gasteiger partial charge in [0.25, 0.3) is 0 Å². The highest BCUT2D eigenvalue weighted by molar-refractivity contribution is 7.90. The van der Waals surface area contributed by atoms with Crippen molar-refractivity contribution in [2.24, 2.45) is 0 Å².